The lowest BCUT2D eigenvalue weighted by molar-refractivity contribution is 0.0527. The maximum Gasteiger partial charge on any atom is 0.340 e. The summed E-state index contributed by atoms with van der Waals surface area (Å²) in [5, 5.41) is 3.73. The van der Waals surface area contributed by atoms with E-state index in [-0.39, 0.29) is 6.04 Å². The molecule has 0 heterocycles. The van der Waals surface area contributed by atoms with Gasteiger partial charge in [0, 0.05) is 11.7 Å². The molecule has 0 aliphatic rings. The normalized spacial score (nSPS) is 10.6. The Morgan fingerprint density at radius 1 is 1.37 bits per heavy atom. The first-order valence-electron chi connectivity index (χ1n) is 6.56. The molecule has 0 aliphatic carbocycles. The second-order valence-corrected chi connectivity index (χ2v) is 4.71. The van der Waals surface area contributed by atoms with Gasteiger partial charge >= 0.3 is 5.97 Å². The van der Waals surface area contributed by atoms with E-state index in [1.165, 1.54) is 0 Å². The van der Waals surface area contributed by atoms with Crippen molar-refractivity contribution in [2.75, 3.05) is 17.7 Å². The van der Waals surface area contributed by atoms with Crippen LogP contribution in [0, 0.1) is 0 Å². The van der Waals surface area contributed by atoms with Crippen LogP contribution in [0.3, 0.4) is 0 Å². The van der Waals surface area contributed by atoms with Crippen LogP contribution in [0.2, 0.25) is 5.02 Å². The minimum atomic E-state index is -0.412. The molecule has 19 heavy (non-hydrogen) atoms. The van der Waals surface area contributed by atoms with Crippen molar-refractivity contribution in [3.05, 3.63) is 22.7 Å². The van der Waals surface area contributed by atoms with E-state index in [4.69, 9.17) is 22.1 Å². The molecule has 0 atom stereocenters. The Hall–Kier alpha value is -1.42. The summed E-state index contributed by atoms with van der Waals surface area (Å²) in [7, 11) is 0. The Morgan fingerprint density at radius 3 is 2.53 bits per heavy atom. The zero-order valence-corrected chi connectivity index (χ0v) is 12.4. The number of ether oxygens (including phenoxy) is 1. The average Bonchev–Trinajstić information content (AvgIpc) is 2.37. The van der Waals surface area contributed by atoms with Crippen molar-refractivity contribution in [1.82, 2.24) is 0 Å². The number of carbonyl (C=O) groups excluding carboxylic acids is 1. The van der Waals surface area contributed by atoms with E-state index in [2.05, 4.69) is 19.2 Å². The molecule has 0 saturated heterocycles. The number of nitrogens with one attached hydrogen (secondary N) is 1. The summed E-state index contributed by atoms with van der Waals surface area (Å²) in [6.45, 7) is 6.24. The smallest absolute Gasteiger partial charge is 0.340 e. The van der Waals surface area contributed by atoms with Crippen LogP contribution in [0.15, 0.2) is 12.1 Å². The lowest BCUT2D eigenvalue weighted by atomic mass is 10.1. The van der Waals surface area contributed by atoms with Gasteiger partial charge in [-0.2, -0.15) is 0 Å². The molecular weight excluding hydrogens is 264 g/mol. The van der Waals surface area contributed by atoms with Gasteiger partial charge in [-0.15, -0.1) is 0 Å². The Morgan fingerprint density at radius 2 is 2.00 bits per heavy atom. The number of anilines is 2. The van der Waals surface area contributed by atoms with Gasteiger partial charge in [-0.3, -0.25) is 0 Å². The zero-order valence-electron chi connectivity index (χ0n) is 11.6. The fourth-order valence-corrected chi connectivity index (χ4v) is 2.12. The molecule has 0 saturated carbocycles. The van der Waals surface area contributed by atoms with Crippen molar-refractivity contribution in [1.29, 1.82) is 0 Å². The highest BCUT2D eigenvalue weighted by atomic mass is 35.5. The average molecular weight is 285 g/mol. The number of esters is 1. The first kappa shape index (κ1) is 15.6. The molecule has 1 aromatic rings. The third-order valence-corrected chi connectivity index (χ3v) is 3.24. The van der Waals surface area contributed by atoms with Gasteiger partial charge in [-0.25, -0.2) is 4.79 Å². The molecule has 0 bridgehead atoms. The largest absolute Gasteiger partial charge is 0.462 e. The fraction of sp³-hybridized carbons (Fsp3) is 0.500. The minimum absolute atomic E-state index is 0.259. The number of nitrogens with two attached hydrogens (primary N) is 1. The van der Waals surface area contributed by atoms with Crippen LogP contribution in [0.1, 0.15) is 44.0 Å². The van der Waals surface area contributed by atoms with Gasteiger partial charge in [-0.1, -0.05) is 25.4 Å². The summed E-state index contributed by atoms with van der Waals surface area (Å²) in [4.78, 5) is 12.0. The monoisotopic (exact) mass is 284 g/mol. The van der Waals surface area contributed by atoms with E-state index in [9.17, 15) is 4.79 Å². The van der Waals surface area contributed by atoms with Crippen LogP contribution < -0.4 is 11.1 Å². The van der Waals surface area contributed by atoms with E-state index < -0.39 is 5.97 Å². The van der Waals surface area contributed by atoms with Gasteiger partial charge in [0.05, 0.1) is 22.9 Å². The predicted molar refractivity (Wildman–Crippen MR) is 79.8 cm³/mol. The highest BCUT2D eigenvalue weighted by Crippen LogP contribution is 2.31. The number of benzene rings is 1. The van der Waals surface area contributed by atoms with Gasteiger partial charge in [0.1, 0.15) is 0 Å². The van der Waals surface area contributed by atoms with E-state index in [1.807, 2.05) is 0 Å². The summed E-state index contributed by atoms with van der Waals surface area (Å²) in [5.41, 5.74) is 7.17. The Kier molecular flexibility index (Phi) is 5.96. The van der Waals surface area contributed by atoms with Crippen LogP contribution >= 0.6 is 11.6 Å². The molecule has 0 radical (unpaired) electrons. The number of rotatable bonds is 6. The van der Waals surface area contributed by atoms with E-state index >= 15 is 0 Å². The number of halogens is 1. The predicted octanol–water partition coefficient (Wildman–Crippen LogP) is 3.70. The molecule has 0 fully saturated rings. The molecule has 1 rings (SSSR count). The highest BCUT2D eigenvalue weighted by Gasteiger charge is 2.18. The molecule has 5 heteroatoms. The molecular formula is C14H21ClN2O2. The number of carbonyl (C=O) groups is 1. The maximum atomic E-state index is 12.0. The molecule has 0 spiro atoms. The SMILES string of the molecule is CCOC(=O)c1cc(N)cc(Cl)c1NC(CC)CC. The van der Waals surface area contributed by atoms with Crippen LogP contribution in [-0.2, 0) is 4.74 Å². The van der Waals surface area contributed by atoms with Crippen LogP contribution in [0.4, 0.5) is 11.4 Å². The van der Waals surface area contributed by atoms with Gasteiger partial charge < -0.3 is 15.8 Å². The quantitative estimate of drug-likeness (QED) is 0.617. The van der Waals surface area contributed by atoms with E-state index in [0.717, 1.165) is 12.8 Å². The Labute approximate surface area is 119 Å². The van der Waals surface area contributed by atoms with Gasteiger partial charge in [0.15, 0.2) is 0 Å². The summed E-state index contributed by atoms with van der Waals surface area (Å²) >= 11 is 6.19. The molecule has 106 valence electrons. The van der Waals surface area contributed by atoms with Crippen molar-refractivity contribution < 1.29 is 9.53 Å². The van der Waals surface area contributed by atoms with E-state index in [0.29, 0.717) is 28.6 Å². The first-order chi connectivity index (χ1) is 9.03. The standard InChI is InChI=1S/C14H21ClN2O2/c1-4-10(5-2)17-13-11(14(18)19-6-3)7-9(16)8-12(13)15/h7-8,10,17H,4-6,16H2,1-3H3. The van der Waals surface area contributed by atoms with Crippen molar-refractivity contribution in [2.45, 2.75) is 39.7 Å². The van der Waals surface area contributed by atoms with Crippen LogP contribution in [0.5, 0.6) is 0 Å². The third kappa shape index (κ3) is 4.03. The van der Waals surface area contributed by atoms with Crippen molar-refractivity contribution in [3.63, 3.8) is 0 Å². The fourth-order valence-electron chi connectivity index (χ4n) is 1.84. The molecule has 0 aliphatic heterocycles. The maximum absolute atomic E-state index is 12.0. The molecule has 4 nitrogen and oxygen atoms in total. The summed E-state index contributed by atoms with van der Waals surface area (Å²) in [5.74, 6) is -0.412. The topological polar surface area (TPSA) is 64.3 Å². The number of nitrogen functional groups attached to an aromatic ring is 1. The zero-order chi connectivity index (χ0) is 14.4. The van der Waals surface area contributed by atoms with Crippen LogP contribution in [-0.4, -0.2) is 18.6 Å². The van der Waals surface area contributed by atoms with Crippen molar-refractivity contribution >= 4 is 28.9 Å². The molecule has 1 aromatic carbocycles. The second-order valence-electron chi connectivity index (χ2n) is 4.30. The lowest BCUT2D eigenvalue weighted by Gasteiger charge is -2.20. The molecule has 3 N–H and O–H groups in total. The third-order valence-electron chi connectivity index (χ3n) is 2.94. The summed E-state index contributed by atoms with van der Waals surface area (Å²) in [6.07, 6.45) is 1.89. The van der Waals surface area contributed by atoms with Gasteiger partial charge in [0.25, 0.3) is 0 Å². The highest BCUT2D eigenvalue weighted by molar-refractivity contribution is 6.34. The Bertz CT molecular complexity index is 445. The first-order valence-corrected chi connectivity index (χ1v) is 6.93. The number of hydrogen-bond donors (Lipinski definition) is 2. The molecule has 0 unspecified atom stereocenters. The van der Waals surface area contributed by atoms with Gasteiger partial charge in [-0.05, 0) is 31.9 Å². The van der Waals surface area contributed by atoms with E-state index in [1.54, 1.807) is 19.1 Å². The molecule has 0 amide bonds. The van der Waals surface area contributed by atoms with Gasteiger partial charge in [0.2, 0.25) is 0 Å². The minimum Gasteiger partial charge on any atom is -0.462 e. The second kappa shape index (κ2) is 7.24. The number of hydrogen-bond acceptors (Lipinski definition) is 4. The van der Waals surface area contributed by atoms with Crippen molar-refractivity contribution in [3.8, 4) is 0 Å². The Balaban J connectivity index is 3.16. The molecule has 0 aromatic heterocycles. The summed E-state index contributed by atoms with van der Waals surface area (Å²) in [6, 6.07) is 3.48. The summed E-state index contributed by atoms with van der Waals surface area (Å²) < 4.78 is 5.03. The lowest BCUT2D eigenvalue weighted by Crippen LogP contribution is -2.20. The van der Waals surface area contributed by atoms with Crippen molar-refractivity contribution in [2.24, 2.45) is 0 Å². The van der Waals surface area contributed by atoms with Crippen LogP contribution in [0.25, 0.3) is 0 Å².